The molecule has 1 aromatic rings. The number of hydrogen-bond acceptors (Lipinski definition) is 3. The Labute approximate surface area is 103 Å². The highest BCUT2D eigenvalue weighted by Gasteiger charge is 2.24. The SMILES string of the molecule is O=C1CN(C(=O)c2cc(Cl)ccc2O)CCN1. The molecule has 0 atom stereocenters. The molecule has 0 saturated carbocycles. The monoisotopic (exact) mass is 254 g/mol. The Bertz CT molecular complexity index is 476. The van der Waals surface area contributed by atoms with E-state index < -0.39 is 0 Å². The van der Waals surface area contributed by atoms with Gasteiger partial charge >= 0.3 is 0 Å². The van der Waals surface area contributed by atoms with Crippen LogP contribution in [0.1, 0.15) is 10.4 Å². The van der Waals surface area contributed by atoms with Crippen molar-refractivity contribution >= 4 is 23.4 Å². The minimum Gasteiger partial charge on any atom is -0.507 e. The highest BCUT2D eigenvalue weighted by Crippen LogP contribution is 2.23. The van der Waals surface area contributed by atoms with Crippen molar-refractivity contribution in [3.8, 4) is 5.75 Å². The molecule has 2 rings (SSSR count). The van der Waals surface area contributed by atoms with E-state index in [0.717, 1.165) is 0 Å². The number of piperazine rings is 1. The van der Waals surface area contributed by atoms with E-state index in [-0.39, 0.29) is 29.7 Å². The third kappa shape index (κ3) is 2.50. The van der Waals surface area contributed by atoms with Crippen molar-refractivity contribution < 1.29 is 14.7 Å². The molecule has 0 spiro atoms. The van der Waals surface area contributed by atoms with Gasteiger partial charge in [0.25, 0.3) is 5.91 Å². The second kappa shape index (κ2) is 4.63. The minimum absolute atomic E-state index is 0.00475. The lowest BCUT2D eigenvalue weighted by atomic mass is 10.1. The van der Waals surface area contributed by atoms with Crippen molar-refractivity contribution in [1.82, 2.24) is 10.2 Å². The maximum absolute atomic E-state index is 12.0. The number of phenolic OH excluding ortho intramolecular Hbond substituents is 1. The van der Waals surface area contributed by atoms with Crippen LogP contribution in [0, 0.1) is 0 Å². The highest BCUT2D eigenvalue weighted by atomic mass is 35.5. The molecule has 1 aromatic carbocycles. The first-order valence-electron chi connectivity index (χ1n) is 5.12. The largest absolute Gasteiger partial charge is 0.507 e. The van der Waals surface area contributed by atoms with Gasteiger partial charge in [-0.1, -0.05) is 11.6 Å². The second-order valence-electron chi connectivity index (χ2n) is 3.74. The molecule has 1 heterocycles. The second-order valence-corrected chi connectivity index (χ2v) is 4.17. The number of carbonyl (C=O) groups is 2. The van der Waals surface area contributed by atoms with E-state index in [1.165, 1.54) is 23.1 Å². The van der Waals surface area contributed by atoms with Crippen molar-refractivity contribution in [2.24, 2.45) is 0 Å². The summed E-state index contributed by atoms with van der Waals surface area (Å²) >= 11 is 5.77. The number of carbonyl (C=O) groups excluding carboxylic acids is 2. The van der Waals surface area contributed by atoms with Crippen LogP contribution in [-0.4, -0.2) is 41.5 Å². The number of hydrogen-bond donors (Lipinski definition) is 2. The van der Waals surface area contributed by atoms with Crippen LogP contribution in [0.25, 0.3) is 0 Å². The lowest BCUT2D eigenvalue weighted by Gasteiger charge is -2.26. The van der Waals surface area contributed by atoms with Gasteiger partial charge in [0.2, 0.25) is 5.91 Å². The first-order valence-corrected chi connectivity index (χ1v) is 5.50. The van der Waals surface area contributed by atoms with E-state index in [2.05, 4.69) is 5.32 Å². The predicted octanol–water partition coefficient (Wildman–Crippen LogP) is 0.618. The maximum atomic E-state index is 12.0. The van der Waals surface area contributed by atoms with E-state index in [1.54, 1.807) is 0 Å². The Kier molecular flexibility index (Phi) is 3.19. The molecule has 1 fully saturated rings. The van der Waals surface area contributed by atoms with Gasteiger partial charge in [-0.3, -0.25) is 9.59 Å². The molecule has 2 amide bonds. The Morgan fingerprint density at radius 1 is 1.47 bits per heavy atom. The van der Waals surface area contributed by atoms with Crippen LogP contribution in [0.4, 0.5) is 0 Å². The van der Waals surface area contributed by atoms with Crippen molar-refractivity contribution in [3.05, 3.63) is 28.8 Å². The topological polar surface area (TPSA) is 69.6 Å². The molecule has 5 nitrogen and oxygen atoms in total. The number of rotatable bonds is 1. The van der Waals surface area contributed by atoms with Gasteiger partial charge in [-0.15, -0.1) is 0 Å². The Morgan fingerprint density at radius 2 is 2.24 bits per heavy atom. The number of amides is 2. The van der Waals surface area contributed by atoms with Crippen molar-refractivity contribution in [2.75, 3.05) is 19.6 Å². The normalized spacial score (nSPS) is 15.6. The van der Waals surface area contributed by atoms with Gasteiger partial charge in [0.1, 0.15) is 5.75 Å². The van der Waals surface area contributed by atoms with Crippen LogP contribution < -0.4 is 5.32 Å². The molecule has 0 aromatic heterocycles. The lowest BCUT2D eigenvalue weighted by Crippen LogP contribution is -2.49. The minimum atomic E-state index is -0.389. The molecule has 0 radical (unpaired) electrons. The van der Waals surface area contributed by atoms with Gasteiger partial charge in [0, 0.05) is 18.1 Å². The fourth-order valence-corrected chi connectivity index (χ4v) is 1.83. The molecule has 0 aliphatic carbocycles. The number of halogens is 1. The Balaban J connectivity index is 2.24. The molecular weight excluding hydrogens is 244 g/mol. The van der Waals surface area contributed by atoms with Crippen LogP contribution >= 0.6 is 11.6 Å². The number of benzene rings is 1. The molecule has 1 aliphatic rings. The number of aromatic hydroxyl groups is 1. The number of nitrogens with zero attached hydrogens (tertiary/aromatic N) is 1. The summed E-state index contributed by atoms with van der Waals surface area (Å²) in [7, 11) is 0. The van der Waals surface area contributed by atoms with E-state index in [9.17, 15) is 14.7 Å². The highest BCUT2D eigenvalue weighted by molar-refractivity contribution is 6.31. The molecule has 1 saturated heterocycles. The smallest absolute Gasteiger partial charge is 0.258 e. The van der Waals surface area contributed by atoms with Crippen LogP contribution in [0.3, 0.4) is 0 Å². The number of nitrogens with one attached hydrogen (secondary N) is 1. The fourth-order valence-electron chi connectivity index (χ4n) is 1.66. The fraction of sp³-hybridized carbons (Fsp3) is 0.273. The average molecular weight is 255 g/mol. The van der Waals surface area contributed by atoms with Crippen molar-refractivity contribution in [1.29, 1.82) is 0 Å². The van der Waals surface area contributed by atoms with Gasteiger partial charge in [-0.05, 0) is 18.2 Å². The zero-order valence-corrected chi connectivity index (χ0v) is 9.70. The van der Waals surface area contributed by atoms with Gasteiger partial charge in [-0.2, -0.15) is 0 Å². The molecule has 1 aliphatic heterocycles. The standard InChI is InChI=1S/C11H11ClN2O3/c12-7-1-2-9(15)8(5-7)11(17)14-4-3-13-10(16)6-14/h1-2,5,15H,3-4,6H2,(H,13,16). The van der Waals surface area contributed by atoms with E-state index in [0.29, 0.717) is 18.1 Å². The molecule has 6 heteroatoms. The summed E-state index contributed by atoms with van der Waals surface area (Å²) in [6.07, 6.45) is 0. The van der Waals surface area contributed by atoms with Crippen LogP contribution in [0.2, 0.25) is 5.02 Å². The first-order chi connectivity index (χ1) is 8.08. The van der Waals surface area contributed by atoms with Gasteiger partial charge in [-0.25, -0.2) is 0 Å². The Hall–Kier alpha value is -1.75. The summed E-state index contributed by atoms with van der Waals surface area (Å²) in [6.45, 7) is 0.854. The Morgan fingerprint density at radius 3 is 2.94 bits per heavy atom. The summed E-state index contributed by atoms with van der Waals surface area (Å²) in [6, 6.07) is 4.25. The van der Waals surface area contributed by atoms with Crippen molar-refractivity contribution in [3.63, 3.8) is 0 Å². The van der Waals surface area contributed by atoms with E-state index in [4.69, 9.17) is 11.6 Å². The van der Waals surface area contributed by atoms with Crippen molar-refractivity contribution in [2.45, 2.75) is 0 Å². The van der Waals surface area contributed by atoms with Crippen LogP contribution in [0.15, 0.2) is 18.2 Å². The summed E-state index contributed by atoms with van der Waals surface area (Å²) < 4.78 is 0. The number of phenols is 1. The lowest BCUT2D eigenvalue weighted by molar-refractivity contribution is -0.123. The van der Waals surface area contributed by atoms with Gasteiger partial charge in [0.05, 0.1) is 12.1 Å². The summed E-state index contributed by atoms with van der Waals surface area (Å²) in [5, 5.41) is 12.6. The first kappa shape index (κ1) is 11.7. The quantitative estimate of drug-likeness (QED) is 0.772. The summed E-state index contributed by atoms with van der Waals surface area (Å²) in [5.74, 6) is -0.726. The summed E-state index contributed by atoms with van der Waals surface area (Å²) in [4.78, 5) is 24.6. The molecular formula is C11H11ClN2O3. The zero-order valence-electron chi connectivity index (χ0n) is 8.94. The van der Waals surface area contributed by atoms with Crippen LogP contribution in [0.5, 0.6) is 5.75 Å². The van der Waals surface area contributed by atoms with E-state index in [1.807, 2.05) is 0 Å². The molecule has 90 valence electrons. The van der Waals surface area contributed by atoms with E-state index >= 15 is 0 Å². The van der Waals surface area contributed by atoms with Gasteiger partial charge in [0.15, 0.2) is 0 Å². The zero-order chi connectivity index (χ0) is 12.4. The molecule has 0 bridgehead atoms. The summed E-state index contributed by atoms with van der Waals surface area (Å²) in [5.41, 5.74) is 0.118. The molecule has 0 unspecified atom stereocenters. The molecule has 2 N–H and O–H groups in total. The average Bonchev–Trinajstić information content (AvgIpc) is 2.31. The maximum Gasteiger partial charge on any atom is 0.258 e. The van der Waals surface area contributed by atoms with Gasteiger partial charge < -0.3 is 15.3 Å². The van der Waals surface area contributed by atoms with Crippen LogP contribution in [-0.2, 0) is 4.79 Å². The third-order valence-corrected chi connectivity index (χ3v) is 2.75. The predicted molar refractivity (Wildman–Crippen MR) is 62.0 cm³/mol. The third-order valence-electron chi connectivity index (χ3n) is 2.51. The molecule has 17 heavy (non-hydrogen) atoms.